The van der Waals surface area contributed by atoms with Crippen molar-refractivity contribution in [3.63, 3.8) is 0 Å². The minimum atomic E-state index is -3.65. The molecule has 2 amide bonds. The van der Waals surface area contributed by atoms with Crippen LogP contribution in [0.4, 0.5) is 5.69 Å². The first kappa shape index (κ1) is 25.9. The van der Waals surface area contributed by atoms with E-state index in [9.17, 15) is 23.3 Å². The van der Waals surface area contributed by atoms with E-state index in [0.717, 1.165) is 19.3 Å². The van der Waals surface area contributed by atoms with E-state index in [2.05, 4.69) is 10.6 Å². The van der Waals surface area contributed by atoms with E-state index in [0.29, 0.717) is 30.9 Å². The fourth-order valence-electron chi connectivity index (χ4n) is 3.56. The number of nitrogens with zero attached hydrogens (tertiary/aromatic N) is 2. The minimum absolute atomic E-state index is 0.0999. The zero-order valence-corrected chi connectivity index (χ0v) is 20.3. The van der Waals surface area contributed by atoms with Crippen LogP contribution in [0.15, 0.2) is 59.0 Å². The van der Waals surface area contributed by atoms with Gasteiger partial charge in [-0.15, -0.1) is 0 Å². The molecule has 1 aliphatic heterocycles. The average molecular weight is 497 g/mol. The van der Waals surface area contributed by atoms with Crippen LogP contribution in [0.2, 0.25) is 0 Å². The van der Waals surface area contributed by atoms with Gasteiger partial charge in [0.1, 0.15) is 17.4 Å². The Morgan fingerprint density at radius 1 is 1.11 bits per heavy atom. The Hall–Kier alpha value is -3.68. The number of likely N-dealkylation sites (N-methyl/N-ethyl adjacent to an activating group) is 1. The molecular weight excluding hydrogens is 468 g/mol. The van der Waals surface area contributed by atoms with E-state index in [1.165, 1.54) is 22.5 Å². The molecule has 1 aliphatic rings. The number of nitriles is 1. The number of benzene rings is 2. The van der Waals surface area contributed by atoms with Gasteiger partial charge in [-0.2, -0.15) is 9.57 Å². The lowest BCUT2D eigenvalue weighted by Gasteiger charge is -2.26. The van der Waals surface area contributed by atoms with Crippen LogP contribution in [-0.4, -0.2) is 50.8 Å². The summed E-state index contributed by atoms with van der Waals surface area (Å²) in [5.41, 5.74) is 0.720. The molecule has 2 aromatic rings. The number of carbonyl (C=O) groups is 2. The Balaban J connectivity index is 1.68. The summed E-state index contributed by atoms with van der Waals surface area (Å²) in [6, 6.07) is 14.5. The molecule has 0 spiro atoms. The van der Waals surface area contributed by atoms with Crippen LogP contribution in [-0.2, 0) is 19.6 Å². The molecule has 2 aromatic carbocycles. The molecule has 9 nitrogen and oxygen atoms in total. The summed E-state index contributed by atoms with van der Waals surface area (Å²) in [5, 5.41) is 14.7. The molecule has 0 unspecified atom stereocenters. The monoisotopic (exact) mass is 496 g/mol. The first-order valence-corrected chi connectivity index (χ1v) is 12.8. The lowest BCUT2D eigenvalue weighted by Crippen LogP contribution is -2.35. The molecule has 2 N–H and O–H groups in total. The van der Waals surface area contributed by atoms with Crippen molar-refractivity contribution in [2.75, 3.05) is 31.6 Å². The van der Waals surface area contributed by atoms with E-state index in [1.807, 2.05) is 13.0 Å². The molecule has 0 aliphatic carbocycles. The van der Waals surface area contributed by atoms with Crippen molar-refractivity contribution in [1.82, 2.24) is 9.62 Å². The summed E-state index contributed by atoms with van der Waals surface area (Å²) >= 11 is 0. The van der Waals surface area contributed by atoms with Crippen molar-refractivity contribution in [3.05, 3.63) is 59.7 Å². The molecular formula is C25H28N4O5S. The van der Waals surface area contributed by atoms with Crippen LogP contribution in [0.5, 0.6) is 5.75 Å². The van der Waals surface area contributed by atoms with Crippen molar-refractivity contribution in [2.24, 2.45) is 0 Å². The molecule has 0 aromatic heterocycles. The van der Waals surface area contributed by atoms with Crippen LogP contribution in [0.1, 0.15) is 31.7 Å². The zero-order valence-electron chi connectivity index (χ0n) is 19.5. The molecule has 10 heteroatoms. The Kier molecular flexibility index (Phi) is 9.00. The van der Waals surface area contributed by atoms with Gasteiger partial charge in [0.25, 0.3) is 11.8 Å². The first-order valence-electron chi connectivity index (χ1n) is 11.4. The van der Waals surface area contributed by atoms with Gasteiger partial charge in [0.05, 0.1) is 4.90 Å². The third kappa shape index (κ3) is 7.15. The predicted molar refractivity (Wildman–Crippen MR) is 132 cm³/mol. The molecule has 184 valence electrons. The van der Waals surface area contributed by atoms with Crippen LogP contribution >= 0.6 is 0 Å². The van der Waals surface area contributed by atoms with E-state index in [4.69, 9.17) is 4.74 Å². The maximum Gasteiger partial charge on any atom is 0.266 e. The number of anilines is 1. The van der Waals surface area contributed by atoms with Gasteiger partial charge in [-0.3, -0.25) is 9.59 Å². The lowest BCUT2D eigenvalue weighted by atomic mass is 10.1. The summed E-state index contributed by atoms with van der Waals surface area (Å²) in [4.78, 5) is 24.3. The largest absolute Gasteiger partial charge is 0.484 e. The Labute approximate surface area is 205 Å². The van der Waals surface area contributed by atoms with E-state index in [1.54, 1.807) is 36.4 Å². The van der Waals surface area contributed by atoms with Crippen molar-refractivity contribution in [1.29, 1.82) is 5.26 Å². The Bertz CT molecular complexity index is 1230. The number of carbonyl (C=O) groups excluding carboxylic acids is 2. The zero-order chi connectivity index (χ0) is 25.3. The number of nitrogens with one attached hydrogen (secondary N) is 2. The minimum Gasteiger partial charge on any atom is -0.484 e. The summed E-state index contributed by atoms with van der Waals surface area (Å²) in [6.07, 6.45) is 4.08. The maximum absolute atomic E-state index is 12.9. The van der Waals surface area contributed by atoms with Gasteiger partial charge >= 0.3 is 0 Å². The second-order valence-corrected chi connectivity index (χ2v) is 9.87. The highest BCUT2D eigenvalue weighted by atomic mass is 32.2. The molecule has 0 radical (unpaired) electrons. The number of ether oxygens (including phenoxy) is 1. The second-order valence-electron chi connectivity index (χ2n) is 7.93. The molecule has 0 bridgehead atoms. The summed E-state index contributed by atoms with van der Waals surface area (Å²) < 4.78 is 32.7. The van der Waals surface area contributed by atoms with E-state index < -0.39 is 15.9 Å². The van der Waals surface area contributed by atoms with Gasteiger partial charge in [-0.25, -0.2) is 8.42 Å². The smallest absolute Gasteiger partial charge is 0.266 e. The SMILES string of the molecule is CCNC(=O)COc1ccc(/C=C(/C#N)C(=O)Nc2cccc(S(=O)(=O)N3CCCCC3)c2)cc1. The normalized spacial score (nSPS) is 14.6. The third-order valence-corrected chi connectivity index (χ3v) is 7.24. The van der Waals surface area contributed by atoms with Crippen molar-refractivity contribution < 1.29 is 22.7 Å². The van der Waals surface area contributed by atoms with Crippen molar-refractivity contribution in [3.8, 4) is 11.8 Å². The van der Waals surface area contributed by atoms with E-state index >= 15 is 0 Å². The Morgan fingerprint density at radius 2 is 1.83 bits per heavy atom. The fourth-order valence-corrected chi connectivity index (χ4v) is 5.12. The number of piperidine rings is 1. The van der Waals surface area contributed by atoms with Gasteiger partial charge in [-0.1, -0.05) is 24.6 Å². The third-order valence-electron chi connectivity index (χ3n) is 5.34. The number of hydrogen-bond acceptors (Lipinski definition) is 6. The summed E-state index contributed by atoms with van der Waals surface area (Å²) in [5.74, 6) is -0.410. The predicted octanol–water partition coefficient (Wildman–Crippen LogP) is 2.92. The molecule has 35 heavy (non-hydrogen) atoms. The quantitative estimate of drug-likeness (QED) is 0.406. The number of hydrogen-bond donors (Lipinski definition) is 2. The highest BCUT2D eigenvalue weighted by molar-refractivity contribution is 7.89. The lowest BCUT2D eigenvalue weighted by molar-refractivity contribution is -0.123. The highest BCUT2D eigenvalue weighted by Gasteiger charge is 2.26. The van der Waals surface area contributed by atoms with Gasteiger partial charge in [0.15, 0.2) is 6.61 Å². The van der Waals surface area contributed by atoms with E-state index in [-0.39, 0.29) is 28.7 Å². The first-order chi connectivity index (χ1) is 16.8. The van der Waals surface area contributed by atoms with Crippen LogP contribution in [0, 0.1) is 11.3 Å². The van der Waals surface area contributed by atoms with Crippen molar-refractivity contribution in [2.45, 2.75) is 31.1 Å². The number of rotatable bonds is 9. The topological polar surface area (TPSA) is 129 Å². The van der Waals surface area contributed by atoms with Crippen LogP contribution < -0.4 is 15.4 Å². The standard InChI is InChI=1S/C25H28N4O5S/c1-2-27-24(30)18-34-22-11-9-19(10-12-22)15-20(17-26)25(31)28-21-7-6-8-23(16-21)35(32,33)29-13-4-3-5-14-29/h6-12,15-16H,2-5,13-14,18H2,1H3,(H,27,30)(H,28,31)/b20-15-. The van der Waals surface area contributed by atoms with Gasteiger partial charge < -0.3 is 15.4 Å². The number of amides is 2. The average Bonchev–Trinajstić information content (AvgIpc) is 2.87. The molecule has 1 saturated heterocycles. The molecule has 1 fully saturated rings. The van der Waals surface area contributed by atoms with Crippen LogP contribution in [0.3, 0.4) is 0 Å². The van der Waals surface area contributed by atoms with Gasteiger partial charge in [0, 0.05) is 25.3 Å². The second kappa shape index (κ2) is 12.1. The summed E-state index contributed by atoms with van der Waals surface area (Å²) in [6.45, 7) is 3.19. The molecule has 3 rings (SSSR count). The number of sulfonamides is 1. The molecule has 0 saturated carbocycles. The van der Waals surface area contributed by atoms with Gasteiger partial charge in [0.2, 0.25) is 10.0 Å². The maximum atomic E-state index is 12.9. The molecule has 0 atom stereocenters. The Morgan fingerprint density at radius 3 is 2.49 bits per heavy atom. The summed E-state index contributed by atoms with van der Waals surface area (Å²) in [7, 11) is -3.65. The highest BCUT2D eigenvalue weighted by Crippen LogP contribution is 2.23. The van der Waals surface area contributed by atoms with Crippen LogP contribution in [0.25, 0.3) is 6.08 Å². The molecule has 1 heterocycles. The van der Waals surface area contributed by atoms with Crippen molar-refractivity contribution >= 4 is 33.6 Å². The van der Waals surface area contributed by atoms with Gasteiger partial charge in [-0.05, 0) is 61.7 Å². The fraction of sp³-hybridized carbons (Fsp3) is 0.320.